The Labute approximate surface area is 138 Å². The molecule has 0 fully saturated rings. The maximum absolute atomic E-state index is 12.6. The Balaban J connectivity index is 1.80. The first-order valence-electron chi connectivity index (χ1n) is 7.05. The zero-order chi connectivity index (χ0) is 16.1. The van der Waals surface area contributed by atoms with E-state index in [1.165, 1.54) is 11.0 Å². The monoisotopic (exact) mass is 327 g/mol. The number of hydrogen-bond donors (Lipinski definition) is 1. The topological polar surface area (TPSA) is 72.7 Å². The molecule has 0 aliphatic heterocycles. The molecule has 1 N–H and O–H groups in total. The van der Waals surface area contributed by atoms with E-state index in [0.717, 1.165) is 5.56 Å². The van der Waals surface area contributed by atoms with Crippen LogP contribution in [0.25, 0.3) is 0 Å². The van der Waals surface area contributed by atoms with Gasteiger partial charge in [0, 0.05) is 17.1 Å². The second-order valence-corrected chi connectivity index (χ2v) is 5.43. The molecule has 2 aromatic carbocycles. The van der Waals surface area contributed by atoms with Crippen molar-refractivity contribution in [1.82, 2.24) is 20.2 Å². The van der Waals surface area contributed by atoms with Gasteiger partial charge in [-0.25, -0.2) is 4.68 Å². The van der Waals surface area contributed by atoms with Crippen LogP contribution < -0.4 is 5.32 Å². The van der Waals surface area contributed by atoms with Gasteiger partial charge in [-0.05, 0) is 40.3 Å². The van der Waals surface area contributed by atoms with Crippen LogP contribution in [0.2, 0.25) is 5.02 Å². The molecule has 1 atom stereocenters. The van der Waals surface area contributed by atoms with Crippen molar-refractivity contribution in [2.75, 3.05) is 5.32 Å². The molecule has 1 amide bonds. The fourth-order valence-corrected chi connectivity index (χ4v) is 2.34. The molecule has 23 heavy (non-hydrogen) atoms. The number of amides is 1. The van der Waals surface area contributed by atoms with Crippen molar-refractivity contribution < 1.29 is 4.79 Å². The molecule has 0 aliphatic carbocycles. The van der Waals surface area contributed by atoms with E-state index in [4.69, 9.17) is 11.6 Å². The van der Waals surface area contributed by atoms with Crippen molar-refractivity contribution in [1.29, 1.82) is 0 Å². The molecule has 1 heterocycles. The molecule has 3 rings (SSSR count). The summed E-state index contributed by atoms with van der Waals surface area (Å²) in [6, 6.07) is 16.1. The number of nitrogens with zero attached hydrogens (tertiary/aromatic N) is 4. The molecule has 0 aliphatic rings. The molecule has 0 saturated carbocycles. The summed E-state index contributed by atoms with van der Waals surface area (Å²) in [5, 5.41) is 14.6. The summed E-state index contributed by atoms with van der Waals surface area (Å²) in [5.41, 5.74) is 1.70. The molecule has 7 heteroatoms. The van der Waals surface area contributed by atoms with E-state index >= 15 is 0 Å². The van der Waals surface area contributed by atoms with Gasteiger partial charge in [0.2, 0.25) is 5.91 Å². The van der Waals surface area contributed by atoms with Gasteiger partial charge in [0.15, 0.2) is 0 Å². The first-order valence-corrected chi connectivity index (χ1v) is 7.43. The number of hydrogen-bond acceptors (Lipinski definition) is 4. The minimum atomic E-state index is -0.539. The van der Waals surface area contributed by atoms with Crippen LogP contribution in [-0.2, 0) is 11.2 Å². The number of aromatic nitrogens is 4. The van der Waals surface area contributed by atoms with E-state index in [9.17, 15) is 4.79 Å². The molecule has 0 spiro atoms. The van der Waals surface area contributed by atoms with Gasteiger partial charge >= 0.3 is 0 Å². The van der Waals surface area contributed by atoms with Crippen molar-refractivity contribution in [3.63, 3.8) is 0 Å². The van der Waals surface area contributed by atoms with Gasteiger partial charge in [-0.15, -0.1) is 5.10 Å². The minimum Gasteiger partial charge on any atom is -0.324 e. The lowest BCUT2D eigenvalue weighted by Crippen LogP contribution is -2.28. The molecule has 0 bridgehead atoms. The number of carbonyl (C=O) groups excluding carboxylic acids is 1. The predicted octanol–water partition coefficient (Wildman–Crippen LogP) is 2.75. The van der Waals surface area contributed by atoms with Crippen molar-refractivity contribution in [2.45, 2.75) is 12.5 Å². The maximum atomic E-state index is 12.6. The van der Waals surface area contributed by atoms with Gasteiger partial charge in [0.25, 0.3) is 0 Å². The Morgan fingerprint density at radius 3 is 2.52 bits per heavy atom. The maximum Gasteiger partial charge on any atom is 0.249 e. The van der Waals surface area contributed by atoms with Crippen LogP contribution in [0.4, 0.5) is 5.69 Å². The largest absolute Gasteiger partial charge is 0.324 e. The molecule has 0 unspecified atom stereocenters. The second-order valence-electron chi connectivity index (χ2n) is 4.99. The average Bonchev–Trinajstić information content (AvgIpc) is 3.10. The summed E-state index contributed by atoms with van der Waals surface area (Å²) in [6.45, 7) is 0. The normalized spacial score (nSPS) is 11.9. The van der Waals surface area contributed by atoms with Crippen LogP contribution >= 0.6 is 11.6 Å². The third-order valence-electron chi connectivity index (χ3n) is 3.37. The van der Waals surface area contributed by atoms with Gasteiger partial charge < -0.3 is 5.32 Å². The highest BCUT2D eigenvalue weighted by Crippen LogP contribution is 2.18. The summed E-state index contributed by atoms with van der Waals surface area (Å²) in [6.07, 6.45) is 1.93. The molecule has 0 radical (unpaired) electrons. The molecular weight excluding hydrogens is 314 g/mol. The van der Waals surface area contributed by atoms with Gasteiger partial charge in [-0.1, -0.05) is 41.9 Å². The van der Waals surface area contributed by atoms with Crippen LogP contribution in [0.15, 0.2) is 60.9 Å². The predicted molar refractivity (Wildman–Crippen MR) is 87.1 cm³/mol. The Morgan fingerprint density at radius 1 is 1.13 bits per heavy atom. The zero-order valence-electron chi connectivity index (χ0n) is 12.1. The fraction of sp³-hybridized carbons (Fsp3) is 0.125. The average molecular weight is 328 g/mol. The van der Waals surface area contributed by atoms with Crippen LogP contribution in [0, 0.1) is 0 Å². The Bertz CT molecular complexity index is 759. The number of nitrogens with one attached hydrogen (secondary N) is 1. The number of anilines is 1. The fourth-order valence-electron chi connectivity index (χ4n) is 2.21. The van der Waals surface area contributed by atoms with Gasteiger partial charge in [-0.2, -0.15) is 0 Å². The molecular formula is C16H14ClN5O. The number of rotatable bonds is 5. The van der Waals surface area contributed by atoms with E-state index in [2.05, 4.69) is 20.8 Å². The van der Waals surface area contributed by atoms with Crippen molar-refractivity contribution in [2.24, 2.45) is 0 Å². The minimum absolute atomic E-state index is 0.191. The number of carbonyl (C=O) groups is 1. The standard InChI is InChI=1S/C16H14ClN5O/c17-13-6-8-14(9-7-13)19-16(23)15(22-11-18-20-21-22)10-12-4-2-1-3-5-12/h1-9,11,15H,10H2,(H,19,23)/t15-/m1/s1. The van der Waals surface area contributed by atoms with Gasteiger partial charge in [0.05, 0.1) is 0 Å². The molecule has 116 valence electrons. The Morgan fingerprint density at radius 2 is 1.87 bits per heavy atom. The highest BCUT2D eigenvalue weighted by Gasteiger charge is 2.22. The summed E-state index contributed by atoms with van der Waals surface area (Å²) in [7, 11) is 0. The van der Waals surface area contributed by atoms with E-state index in [1.807, 2.05) is 30.3 Å². The lowest BCUT2D eigenvalue weighted by molar-refractivity contribution is -0.119. The summed E-state index contributed by atoms with van der Waals surface area (Å²) in [5.74, 6) is -0.191. The Hall–Kier alpha value is -2.73. The number of tetrazole rings is 1. The summed E-state index contributed by atoms with van der Waals surface area (Å²) in [4.78, 5) is 12.6. The third kappa shape index (κ3) is 3.92. The van der Waals surface area contributed by atoms with Crippen LogP contribution in [-0.4, -0.2) is 26.1 Å². The van der Waals surface area contributed by atoms with Crippen molar-refractivity contribution in [3.05, 3.63) is 71.5 Å². The van der Waals surface area contributed by atoms with Crippen LogP contribution in [0.3, 0.4) is 0 Å². The molecule has 0 saturated heterocycles. The highest BCUT2D eigenvalue weighted by atomic mass is 35.5. The van der Waals surface area contributed by atoms with Crippen molar-refractivity contribution >= 4 is 23.2 Å². The van der Waals surface area contributed by atoms with E-state index in [1.54, 1.807) is 24.3 Å². The van der Waals surface area contributed by atoms with E-state index in [0.29, 0.717) is 17.1 Å². The number of benzene rings is 2. The molecule has 3 aromatic rings. The summed E-state index contributed by atoms with van der Waals surface area (Å²) >= 11 is 5.86. The second kappa shape index (κ2) is 7.02. The van der Waals surface area contributed by atoms with Crippen LogP contribution in [0.1, 0.15) is 11.6 Å². The Kier molecular flexibility index (Phi) is 4.63. The third-order valence-corrected chi connectivity index (χ3v) is 3.62. The van der Waals surface area contributed by atoms with Gasteiger partial charge in [-0.3, -0.25) is 4.79 Å². The quantitative estimate of drug-likeness (QED) is 0.782. The van der Waals surface area contributed by atoms with E-state index in [-0.39, 0.29) is 5.91 Å². The SMILES string of the molecule is O=C(Nc1ccc(Cl)cc1)[C@@H](Cc1ccccc1)n1cnnn1. The molecule has 6 nitrogen and oxygen atoms in total. The lowest BCUT2D eigenvalue weighted by atomic mass is 10.1. The first-order chi connectivity index (χ1) is 11.2. The lowest BCUT2D eigenvalue weighted by Gasteiger charge is -2.16. The smallest absolute Gasteiger partial charge is 0.249 e. The van der Waals surface area contributed by atoms with Gasteiger partial charge in [0.1, 0.15) is 12.4 Å². The van der Waals surface area contributed by atoms with Crippen molar-refractivity contribution in [3.8, 4) is 0 Å². The molecule has 1 aromatic heterocycles. The summed E-state index contributed by atoms with van der Waals surface area (Å²) < 4.78 is 1.46. The van der Waals surface area contributed by atoms with E-state index < -0.39 is 6.04 Å². The zero-order valence-corrected chi connectivity index (χ0v) is 12.9. The number of halogens is 1. The first kappa shape index (κ1) is 15.2. The highest BCUT2D eigenvalue weighted by molar-refractivity contribution is 6.30. The van der Waals surface area contributed by atoms with Crippen LogP contribution in [0.5, 0.6) is 0 Å².